The van der Waals surface area contributed by atoms with E-state index in [0.29, 0.717) is 5.56 Å². The van der Waals surface area contributed by atoms with Gasteiger partial charge in [-0.25, -0.2) is 5.84 Å². The zero-order valence-corrected chi connectivity index (χ0v) is 12.7. The minimum absolute atomic E-state index is 0.265. The predicted molar refractivity (Wildman–Crippen MR) is 79.5 cm³/mol. The zero-order valence-electron chi connectivity index (χ0n) is 11.2. The number of amides is 1. The van der Waals surface area contributed by atoms with Gasteiger partial charge < -0.3 is 0 Å². The lowest BCUT2D eigenvalue weighted by molar-refractivity contribution is 0.0953. The van der Waals surface area contributed by atoms with Crippen LogP contribution in [0.15, 0.2) is 22.7 Å². The highest BCUT2D eigenvalue weighted by atomic mass is 79.9. The highest BCUT2D eigenvalue weighted by molar-refractivity contribution is 9.10. The molecule has 0 aromatic heterocycles. The number of likely N-dealkylation sites (tertiary alicyclic amines) is 1. The first-order valence-corrected chi connectivity index (χ1v) is 7.41. The first-order valence-electron chi connectivity index (χ1n) is 6.62. The summed E-state index contributed by atoms with van der Waals surface area (Å²) in [6, 6.07) is 5.63. The lowest BCUT2D eigenvalue weighted by Gasteiger charge is -2.31. The third kappa shape index (κ3) is 3.78. The zero-order chi connectivity index (χ0) is 13.8. The molecule has 2 rings (SSSR count). The largest absolute Gasteiger partial charge is 0.299 e. The van der Waals surface area contributed by atoms with E-state index in [2.05, 4.69) is 33.2 Å². The molecule has 3 N–H and O–H groups in total. The van der Waals surface area contributed by atoms with Crippen LogP contribution in [0.1, 0.15) is 35.7 Å². The van der Waals surface area contributed by atoms with Crippen LogP contribution in [0, 0.1) is 5.92 Å². The lowest BCUT2D eigenvalue weighted by Crippen LogP contribution is -2.34. The van der Waals surface area contributed by atoms with Gasteiger partial charge in [-0.2, -0.15) is 0 Å². The molecular weight excluding hydrogens is 306 g/mol. The number of hydrazine groups is 1. The van der Waals surface area contributed by atoms with E-state index in [4.69, 9.17) is 5.84 Å². The van der Waals surface area contributed by atoms with Crippen molar-refractivity contribution < 1.29 is 4.79 Å². The summed E-state index contributed by atoms with van der Waals surface area (Å²) in [4.78, 5) is 13.9. The maximum absolute atomic E-state index is 11.4. The van der Waals surface area contributed by atoms with Crippen LogP contribution < -0.4 is 11.3 Å². The Morgan fingerprint density at radius 1 is 1.58 bits per heavy atom. The Bertz CT molecular complexity index is 464. The van der Waals surface area contributed by atoms with Crippen molar-refractivity contribution in [3.8, 4) is 0 Å². The Labute approximate surface area is 122 Å². The minimum atomic E-state index is -0.265. The highest BCUT2D eigenvalue weighted by Crippen LogP contribution is 2.23. The fourth-order valence-electron chi connectivity index (χ4n) is 2.57. The van der Waals surface area contributed by atoms with E-state index in [1.165, 1.54) is 18.4 Å². The standard InChI is InChI=1S/C14H20BrN3O/c1-10-3-2-6-18(8-10)9-12-5-4-11(7-13(12)15)14(19)17-16/h4-5,7,10H,2-3,6,8-9,16H2,1H3,(H,17,19). The number of nitrogens with two attached hydrogens (primary N) is 1. The van der Waals surface area contributed by atoms with Gasteiger partial charge in [-0.15, -0.1) is 0 Å². The van der Waals surface area contributed by atoms with Gasteiger partial charge in [-0.3, -0.25) is 15.1 Å². The van der Waals surface area contributed by atoms with Gasteiger partial charge in [0.2, 0.25) is 0 Å². The molecule has 5 heteroatoms. The van der Waals surface area contributed by atoms with Gasteiger partial charge in [0.25, 0.3) is 5.91 Å². The van der Waals surface area contributed by atoms with Gasteiger partial charge in [0.15, 0.2) is 0 Å². The van der Waals surface area contributed by atoms with Crippen LogP contribution in [0.2, 0.25) is 0 Å². The van der Waals surface area contributed by atoms with E-state index < -0.39 is 0 Å². The lowest BCUT2D eigenvalue weighted by atomic mass is 9.99. The molecule has 1 atom stereocenters. The molecule has 1 unspecified atom stereocenters. The topological polar surface area (TPSA) is 58.4 Å². The third-order valence-electron chi connectivity index (χ3n) is 3.58. The Hall–Kier alpha value is -0.910. The molecule has 19 heavy (non-hydrogen) atoms. The summed E-state index contributed by atoms with van der Waals surface area (Å²) in [5.74, 6) is 5.64. The minimum Gasteiger partial charge on any atom is -0.299 e. The molecule has 0 saturated carbocycles. The van der Waals surface area contributed by atoms with Gasteiger partial charge in [0.05, 0.1) is 0 Å². The van der Waals surface area contributed by atoms with Crippen molar-refractivity contribution in [3.05, 3.63) is 33.8 Å². The van der Waals surface area contributed by atoms with Gasteiger partial charge in [-0.05, 0) is 43.0 Å². The van der Waals surface area contributed by atoms with E-state index in [9.17, 15) is 4.79 Å². The molecule has 1 aliphatic heterocycles. The molecule has 1 saturated heterocycles. The van der Waals surface area contributed by atoms with Gasteiger partial charge in [0, 0.05) is 23.1 Å². The van der Waals surface area contributed by atoms with Crippen molar-refractivity contribution in [2.45, 2.75) is 26.3 Å². The molecule has 104 valence electrons. The van der Waals surface area contributed by atoms with Crippen molar-refractivity contribution in [1.82, 2.24) is 10.3 Å². The van der Waals surface area contributed by atoms with E-state index in [-0.39, 0.29) is 5.91 Å². The number of nitrogens with zero attached hydrogens (tertiary/aromatic N) is 1. The van der Waals surface area contributed by atoms with Crippen LogP contribution in [-0.4, -0.2) is 23.9 Å². The summed E-state index contributed by atoms with van der Waals surface area (Å²) in [7, 11) is 0. The van der Waals surface area contributed by atoms with E-state index in [0.717, 1.165) is 30.0 Å². The fraction of sp³-hybridized carbons (Fsp3) is 0.500. The normalized spacial score (nSPS) is 20.3. The molecule has 4 nitrogen and oxygen atoms in total. The second-order valence-electron chi connectivity index (χ2n) is 5.26. The van der Waals surface area contributed by atoms with Crippen LogP contribution in [0.3, 0.4) is 0 Å². The molecule has 1 aromatic rings. The van der Waals surface area contributed by atoms with Gasteiger partial charge in [0.1, 0.15) is 0 Å². The van der Waals surface area contributed by atoms with Crippen LogP contribution in [-0.2, 0) is 6.54 Å². The Kier molecular flexibility index (Phi) is 4.96. The maximum Gasteiger partial charge on any atom is 0.265 e. The molecule has 1 aromatic carbocycles. The van der Waals surface area contributed by atoms with Crippen molar-refractivity contribution in [1.29, 1.82) is 0 Å². The number of rotatable bonds is 3. The number of nitrogen functional groups attached to an aromatic ring is 1. The summed E-state index contributed by atoms with van der Waals surface area (Å²) in [6.45, 7) is 5.53. The summed E-state index contributed by atoms with van der Waals surface area (Å²) in [5, 5.41) is 0. The third-order valence-corrected chi connectivity index (χ3v) is 4.32. The summed E-state index contributed by atoms with van der Waals surface area (Å²) in [6.07, 6.45) is 2.60. The number of carbonyl (C=O) groups excluding carboxylic acids is 1. The number of benzene rings is 1. The monoisotopic (exact) mass is 325 g/mol. The van der Waals surface area contributed by atoms with Crippen molar-refractivity contribution in [3.63, 3.8) is 0 Å². The highest BCUT2D eigenvalue weighted by Gasteiger charge is 2.17. The Morgan fingerprint density at radius 2 is 2.37 bits per heavy atom. The smallest absolute Gasteiger partial charge is 0.265 e. The molecule has 1 amide bonds. The Morgan fingerprint density at radius 3 is 3.00 bits per heavy atom. The number of carbonyl (C=O) groups is 1. The van der Waals surface area contributed by atoms with Crippen LogP contribution in [0.5, 0.6) is 0 Å². The van der Waals surface area contributed by atoms with Gasteiger partial charge in [-0.1, -0.05) is 28.9 Å². The first kappa shape index (κ1) is 14.5. The number of nitrogens with one attached hydrogen (secondary N) is 1. The second-order valence-corrected chi connectivity index (χ2v) is 6.12. The average molecular weight is 326 g/mol. The van der Waals surface area contributed by atoms with Crippen LogP contribution in [0.25, 0.3) is 0 Å². The van der Waals surface area contributed by atoms with Crippen LogP contribution in [0.4, 0.5) is 0 Å². The molecule has 0 bridgehead atoms. The fourth-order valence-corrected chi connectivity index (χ4v) is 3.08. The second kappa shape index (κ2) is 6.50. The first-order chi connectivity index (χ1) is 9.10. The molecular formula is C14H20BrN3O. The quantitative estimate of drug-likeness (QED) is 0.509. The number of piperidine rings is 1. The van der Waals surface area contributed by atoms with Gasteiger partial charge >= 0.3 is 0 Å². The van der Waals surface area contributed by atoms with Crippen LogP contribution >= 0.6 is 15.9 Å². The summed E-state index contributed by atoms with van der Waals surface area (Å²) >= 11 is 3.54. The van der Waals surface area contributed by atoms with Crippen molar-refractivity contribution in [2.24, 2.45) is 11.8 Å². The summed E-state index contributed by atoms with van der Waals surface area (Å²) < 4.78 is 0.965. The molecule has 0 radical (unpaired) electrons. The molecule has 1 aliphatic rings. The molecule has 1 fully saturated rings. The average Bonchev–Trinajstić information content (AvgIpc) is 2.40. The van der Waals surface area contributed by atoms with Crippen molar-refractivity contribution in [2.75, 3.05) is 13.1 Å². The molecule has 0 aliphatic carbocycles. The van der Waals surface area contributed by atoms with E-state index in [1.807, 2.05) is 18.2 Å². The molecule has 0 spiro atoms. The van der Waals surface area contributed by atoms with E-state index >= 15 is 0 Å². The SMILES string of the molecule is CC1CCCN(Cc2ccc(C(=O)NN)cc2Br)C1. The predicted octanol–water partition coefficient (Wildman–Crippen LogP) is 2.28. The maximum atomic E-state index is 11.4. The number of hydrogen-bond donors (Lipinski definition) is 2. The number of halogens is 1. The van der Waals surface area contributed by atoms with E-state index in [1.54, 1.807) is 0 Å². The summed E-state index contributed by atoms with van der Waals surface area (Å²) in [5.41, 5.74) is 3.93. The molecule has 1 heterocycles. The number of hydrogen-bond acceptors (Lipinski definition) is 3. The van der Waals surface area contributed by atoms with Crippen molar-refractivity contribution >= 4 is 21.8 Å². The Balaban J connectivity index is 2.06.